The standard InChI is InChI=1S/C22H16BrFN2O3/c23-17-6-2-4-8-20(17)29-21-12-25-26-22(21)16-10-9-15(11-19(16)27)28-13-14-5-1-3-7-18(14)24/h1-12,27H,13H2,(H,25,26). The summed E-state index contributed by atoms with van der Waals surface area (Å²) in [7, 11) is 0. The molecule has 146 valence electrons. The van der Waals surface area contributed by atoms with E-state index in [0.29, 0.717) is 34.1 Å². The monoisotopic (exact) mass is 454 g/mol. The third-order valence-electron chi connectivity index (χ3n) is 4.25. The van der Waals surface area contributed by atoms with Crippen LogP contribution in [0.1, 0.15) is 5.56 Å². The number of para-hydroxylation sites is 1. The number of aromatic hydroxyl groups is 1. The number of hydrogen-bond donors (Lipinski definition) is 2. The van der Waals surface area contributed by atoms with Crippen molar-refractivity contribution in [2.24, 2.45) is 0 Å². The Morgan fingerprint density at radius 1 is 1.00 bits per heavy atom. The SMILES string of the molecule is Oc1cc(OCc2ccccc2F)ccc1-c1[nH]ncc1Oc1ccccc1Br. The van der Waals surface area contributed by atoms with E-state index < -0.39 is 0 Å². The fourth-order valence-electron chi connectivity index (χ4n) is 2.78. The van der Waals surface area contributed by atoms with E-state index in [2.05, 4.69) is 26.1 Å². The molecule has 4 rings (SSSR count). The molecular weight excluding hydrogens is 439 g/mol. The van der Waals surface area contributed by atoms with Gasteiger partial charge >= 0.3 is 0 Å². The summed E-state index contributed by atoms with van der Waals surface area (Å²) in [6, 6.07) is 18.7. The van der Waals surface area contributed by atoms with E-state index in [0.717, 1.165) is 4.47 Å². The van der Waals surface area contributed by atoms with Crippen molar-refractivity contribution in [1.82, 2.24) is 10.2 Å². The Labute approximate surface area is 174 Å². The van der Waals surface area contributed by atoms with Crippen LogP contribution in [-0.4, -0.2) is 15.3 Å². The number of phenolic OH excluding ortho intramolecular Hbond substituents is 1. The molecule has 1 aromatic heterocycles. The van der Waals surface area contributed by atoms with Crippen LogP contribution in [0.4, 0.5) is 4.39 Å². The van der Waals surface area contributed by atoms with Gasteiger partial charge in [-0.1, -0.05) is 30.3 Å². The first kappa shape index (κ1) is 19.0. The van der Waals surface area contributed by atoms with Crippen LogP contribution in [-0.2, 0) is 6.61 Å². The molecule has 2 N–H and O–H groups in total. The molecule has 5 nitrogen and oxygen atoms in total. The second-order valence-electron chi connectivity index (χ2n) is 6.20. The number of halogens is 2. The maximum Gasteiger partial charge on any atom is 0.173 e. The number of benzene rings is 3. The van der Waals surface area contributed by atoms with Gasteiger partial charge in [0.25, 0.3) is 0 Å². The molecule has 0 fully saturated rings. The topological polar surface area (TPSA) is 67.4 Å². The zero-order valence-corrected chi connectivity index (χ0v) is 16.7. The van der Waals surface area contributed by atoms with Crippen molar-refractivity contribution in [3.8, 4) is 34.3 Å². The maximum absolute atomic E-state index is 13.7. The largest absolute Gasteiger partial charge is 0.507 e. The van der Waals surface area contributed by atoms with E-state index in [1.807, 2.05) is 24.3 Å². The Hall–Kier alpha value is -3.32. The highest BCUT2D eigenvalue weighted by Crippen LogP contribution is 2.39. The Kier molecular flexibility index (Phi) is 5.48. The van der Waals surface area contributed by atoms with Gasteiger partial charge in [0.2, 0.25) is 0 Å². The van der Waals surface area contributed by atoms with Gasteiger partial charge in [0, 0.05) is 17.2 Å². The number of H-pyrrole nitrogens is 1. The molecule has 0 amide bonds. The lowest BCUT2D eigenvalue weighted by molar-refractivity contribution is 0.298. The Morgan fingerprint density at radius 2 is 1.79 bits per heavy atom. The van der Waals surface area contributed by atoms with Crippen molar-refractivity contribution < 1.29 is 19.0 Å². The van der Waals surface area contributed by atoms with Gasteiger partial charge < -0.3 is 14.6 Å². The average Bonchev–Trinajstić information content (AvgIpc) is 3.17. The summed E-state index contributed by atoms with van der Waals surface area (Å²) in [5.74, 6) is 1.16. The van der Waals surface area contributed by atoms with E-state index >= 15 is 0 Å². The first-order valence-corrected chi connectivity index (χ1v) is 9.56. The number of nitrogens with zero attached hydrogens (tertiary/aromatic N) is 1. The Bertz CT molecular complexity index is 1150. The minimum absolute atomic E-state index is 0.0164. The quantitative estimate of drug-likeness (QED) is 0.371. The normalized spacial score (nSPS) is 10.7. The molecule has 0 unspecified atom stereocenters. The van der Waals surface area contributed by atoms with Gasteiger partial charge in [0.1, 0.15) is 35.4 Å². The first-order chi connectivity index (χ1) is 14.1. The number of rotatable bonds is 6. The zero-order valence-electron chi connectivity index (χ0n) is 15.1. The molecule has 0 aliphatic rings. The average molecular weight is 455 g/mol. The second kappa shape index (κ2) is 8.36. The summed E-state index contributed by atoms with van der Waals surface area (Å²) in [5.41, 5.74) is 1.47. The van der Waals surface area contributed by atoms with Gasteiger partial charge in [-0.15, -0.1) is 0 Å². The van der Waals surface area contributed by atoms with E-state index in [1.54, 1.807) is 30.3 Å². The van der Waals surface area contributed by atoms with Gasteiger partial charge in [-0.25, -0.2) is 4.39 Å². The summed E-state index contributed by atoms with van der Waals surface area (Å²) in [6.45, 7) is 0.0614. The Balaban J connectivity index is 1.54. The lowest BCUT2D eigenvalue weighted by Crippen LogP contribution is -1.98. The van der Waals surface area contributed by atoms with Crippen LogP contribution in [0, 0.1) is 5.82 Å². The summed E-state index contributed by atoms with van der Waals surface area (Å²) in [4.78, 5) is 0. The van der Waals surface area contributed by atoms with Crippen LogP contribution in [0.25, 0.3) is 11.3 Å². The maximum atomic E-state index is 13.7. The molecular formula is C22H16BrFN2O3. The molecule has 0 atom stereocenters. The third kappa shape index (κ3) is 4.25. The van der Waals surface area contributed by atoms with Crippen LogP contribution in [0.15, 0.2) is 77.4 Å². The number of aromatic nitrogens is 2. The molecule has 7 heteroatoms. The molecule has 0 aliphatic carbocycles. The number of nitrogens with one attached hydrogen (secondary N) is 1. The van der Waals surface area contributed by atoms with Crippen LogP contribution in [0.2, 0.25) is 0 Å². The highest BCUT2D eigenvalue weighted by molar-refractivity contribution is 9.10. The van der Waals surface area contributed by atoms with E-state index in [-0.39, 0.29) is 18.2 Å². The van der Waals surface area contributed by atoms with Crippen molar-refractivity contribution in [1.29, 1.82) is 0 Å². The van der Waals surface area contributed by atoms with E-state index in [9.17, 15) is 9.50 Å². The lowest BCUT2D eigenvalue weighted by atomic mass is 10.1. The van der Waals surface area contributed by atoms with Crippen molar-refractivity contribution in [3.05, 3.63) is 88.8 Å². The molecule has 0 bridgehead atoms. The summed E-state index contributed by atoms with van der Waals surface area (Å²) in [5, 5.41) is 17.4. The molecule has 0 aliphatic heterocycles. The molecule has 3 aromatic carbocycles. The summed E-state index contributed by atoms with van der Waals surface area (Å²) < 4.78 is 26.0. The molecule has 0 spiro atoms. The molecule has 29 heavy (non-hydrogen) atoms. The number of hydrogen-bond acceptors (Lipinski definition) is 4. The molecule has 0 radical (unpaired) electrons. The van der Waals surface area contributed by atoms with Gasteiger partial charge in [-0.2, -0.15) is 5.10 Å². The fourth-order valence-corrected chi connectivity index (χ4v) is 3.15. The predicted octanol–water partition coefficient (Wildman–Crippen LogP) is 6.06. The molecule has 4 aromatic rings. The molecule has 1 heterocycles. The zero-order chi connectivity index (χ0) is 20.2. The van der Waals surface area contributed by atoms with Gasteiger partial charge in [0.15, 0.2) is 5.75 Å². The van der Waals surface area contributed by atoms with Crippen molar-refractivity contribution in [2.45, 2.75) is 6.61 Å². The minimum Gasteiger partial charge on any atom is -0.507 e. The number of phenols is 1. The number of aromatic amines is 1. The van der Waals surface area contributed by atoms with Crippen molar-refractivity contribution in [3.63, 3.8) is 0 Å². The van der Waals surface area contributed by atoms with Gasteiger partial charge in [0.05, 0.1) is 10.7 Å². The summed E-state index contributed by atoms with van der Waals surface area (Å²) in [6.07, 6.45) is 1.54. The molecule has 0 saturated heterocycles. The van der Waals surface area contributed by atoms with Crippen LogP contribution in [0.5, 0.6) is 23.0 Å². The van der Waals surface area contributed by atoms with Crippen LogP contribution >= 0.6 is 15.9 Å². The fraction of sp³-hybridized carbons (Fsp3) is 0.0455. The van der Waals surface area contributed by atoms with E-state index in [4.69, 9.17) is 9.47 Å². The highest BCUT2D eigenvalue weighted by atomic mass is 79.9. The van der Waals surface area contributed by atoms with Gasteiger partial charge in [-0.3, -0.25) is 5.10 Å². The minimum atomic E-state index is -0.334. The van der Waals surface area contributed by atoms with Crippen molar-refractivity contribution >= 4 is 15.9 Å². The predicted molar refractivity (Wildman–Crippen MR) is 111 cm³/mol. The highest BCUT2D eigenvalue weighted by Gasteiger charge is 2.15. The van der Waals surface area contributed by atoms with Gasteiger partial charge in [-0.05, 0) is 46.3 Å². The van der Waals surface area contributed by atoms with E-state index in [1.165, 1.54) is 18.3 Å². The Morgan fingerprint density at radius 3 is 2.59 bits per heavy atom. The first-order valence-electron chi connectivity index (χ1n) is 8.77. The van der Waals surface area contributed by atoms with Crippen LogP contribution < -0.4 is 9.47 Å². The van der Waals surface area contributed by atoms with Crippen LogP contribution in [0.3, 0.4) is 0 Å². The third-order valence-corrected chi connectivity index (χ3v) is 4.91. The van der Waals surface area contributed by atoms with Crippen molar-refractivity contribution in [2.75, 3.05) is 0 Å². The molecule has 0 saturated carbocycles. The number of ether oxygens (including phenoxy) is 2. The summed E-state index contributed by atoms with van der Waals surface area (Å²) >= 11 is 3.44. The lowest BCUT2D eigenvalue weighted by Gasteiger charge is -2.11. The smallest absolute Gasteiger partial charge is 0.173 e. The second-order valence-corrected chi connectivity index (χ2v) is 7.06.